The van der Waals surface area contributed by atoms with Gasteiger partial charge in [-0.3, -0.25) is 9.36 Å². The maximum absolute atomic E-state index is 12.6. The summed E-state index contributed by atoms with van der Waals surface area (Å²) in [5, 5.41) is 33.8. The second kappa shape index (κ2) is 11.3. The summed E-state index contributed by atoms with van der Waals surface area (Å²) in [7, 11) is 0. The van der Waals surface area contributed by atoms with Crippen molar-refractivity contribution in [3.8, 4) is 0 Å². The van der Waals surface area contributed by atoms with Crippen LogP contribution in [0.5, 0.6) is 0 Å². The summed E-state index contributed by atoms with van der Waals surface area (Å²) < 4.78 is 16.6. The van der Waals surface area contributed by atoms with Gasteiger partial charge < -0.3 is 40.2 Å². The molecular formula is C22H34N4O10. The number of carbonyl (C=O) groups excluding carboxylic acids is 3. The van der Waals surface area contributed by atoms with E-state index in [-0.39, 0.29) is 5.82 Å². The molecule has 1 aliphatic rings. The number of amides is 2. The standard InChI is InChI=1S/C22H34N4O10/c1-21(2,3)35-18(31)11(23-20(33)36-22(4,5)6)9-14(28)24-13-7-8-26(19(32)25-13)17-16(30)15(29)12(10-27)34-17/h7-8,11-12,15-17,27,29-30H,9-10H2,1-6H3,(H,23,33)(H,24,25,28,32)/t11-,12+,15+,16-,17+/m0/s1. The molecular weight excluding hydrogens is 480 g/mol. The Morgan fingerprint density at radius 1 is 1.11 bits per heavy atom. The van der Waals surface area contributed by atoms with E-state index in [2.05, 4.69) is 15.6 Å². The summed E-state index contributed by atoms with van der Waals surface area (Å²) in [6.07, 6.45) is -5.58. The summed E-state index contributed by atoms with van der Waals surface area (Å²) >= 11 is 0. The van der Waals surface area contributed by atoms with Gasteiger partial charge in [0.1, 0.15) is 41.4 Å². The Morgan fingerprint density at radius 3 is 2.22 bits per heavy atom. The van der Waals surface area contributed by atoms with E-state index >= 15 is 0 Å². The van der Waals surface area contributed by atoms with Crippen LogP contribution in [0.2, 0.25) is 0 Å². The number of aliphatic hydroxyl groups is 3. The SMILES string of the molecule is CC(C)(C)OC(=O)N[C@@H](CC(=O)Nc1ccn([C@@H]2O[C@H](CO)[C@@H](O)[C@@H]2O)c(=O)n1)C(=O)OC(C)(C)C. The van der Waals surface area contributed by atoms with Gasteiger partial charge in [0.15, 0.2) is 6.23 Å². The first kappa shape index (κ1) is 29.2. The summed E-state index contributed by atoms with van der Waals surface area (Å²) in [5.74, 6) is -1.80. The molecule has 2 amide bonds. The zero-order valence-electron chi connectivity index (χ0n) is 21.0. The lowest BCUT2D eigenvalue weighted by atomic mass is 10.1. The van der Waals surface area contributed by atoms with Crippen molar-refractivity contribution in [1.82, 2.24) is 14.9 Å². The number of anilines is 1. The molecule has 14 heteroatoms. The maximum atomic E-state index is 12.6. The molecule has 14 nitrogen and oxygen atoms in total. The van der Waals surface area contributed by atoms with Gasteiger partial charge >= 0.3 is 17.8 Å². The predicted molar refractivity (Wildman–Crippen MR) is 124 cm³/mol. The minimum Gasteiger partial charge on any atom is -0.458 e. The molecule has 202 valence electrons. The monoisotopic (exact) mass is 514 g/mol. The highest BCUT2D eigenvalue weighted by Gasteiger charge is 2.43. The molecule has 2 heterocycles. The first-order valence-corrected chi connectivity index (χ1v) is 11.2. The van der Waals surface area contributed by atoms with E-state index in [9.17, 15) is 34.5 Å². The van der Waals surface area contributed by atoms with Gasteiger partial charge in [0.2, 0.25) is 5.91 Å². The highest BCUT2D eigenvalue weighted by Crippen LogP contribution is 2.28. The van der Waals surface area contributed by atoms with Crippen molar-refractivity contribution >= 4 is 23.8 Å². The molecule has 0 bridgehead atoms. The number of hydrogen-bond acceptors (Lipinski definition) is 11. The molecule has 5 atom stereocenters. The van der Waals surface area contributed by atoms with Crippen LogP contribution in [-0.4, -0.2) is 85.0 Å². The van der Waals surface area contributed by atoms with Gasteiger partial charge in [0, 0.05) is 6.20 Å². The first-order chi connectivity index (χ1) is 16.5. The van der Waals surface area contributed by atoms with Gasteiger partial charge in [-0.15, -0.1) is 0 Å². The number of ether oxygens (including phenoxy) is 3. The Kier molecular flexibility index (Phi) is 9.18. The molecule has 2 rings (SSSR count). The van der Waals surface area contributed by atoms with Gasteiger partial charge in [0.05, 0.1) is 13.0 Å². The molecule has 1 saturated heterocycles. The van der Waals surface area contributed by atoms with Gasteiger partial charge in [-0.1, -0.05) is 0 Å². The molecule has 1 aromatic rings. The second-order valence-corrected chi connectivity index (χ2v) is 10.2. The van der Waals surface area contributed by atoms with Gasteiger partial charge in [-0.05, 0) is 47.6 Å². The van der Waals surface area contributed by atoms with Crippen LogP contribution in [0.3, 0.4) is 0 Å². The van der Waals surface area contributed by atoms with Crippen LogP contribution >= 0.6 is 0 Å². The number of alkyl carbamates (subject to hydrolysis) is 1. The number of carbonyl (C=O) groups is 3. The summed E-state index contributed by atoms with van der Waals surface area (Å²) in [6, 6.07) is -0.156. The van der Waals surface area contributed by atoms with Crippen LogP contribution in [0, 0.1) is 0 Å². The van der Waals surface area contributed by atoms with Crippen molar-refractivity contribution in [3.63, 3.8) is 0 Å². The van der Waals surface area contributed by atoms with Crippen molar-refractivity contribution in [2.45, 2.75) is 89.7 Å². The Labute approximate surface area is 207 Å². The van der Waals surface area contributed by atoms with Crippen molar-refractivity contribution in [2.24, 2.45) is 0 Å². The summed E-state index contributed by atoms with van der Waals surface area (Å²) in [4.78, 5) is 53.5. The number of aromatic nitrogens is 2. The van der Waals surface area contributed by atoms with Crippen molar-refractivity contribution in [3.05, 3.63) is 22.7 Å². The molecule has 36 heavy (non-hydrogen) atoms. The minimum absolute atomic E-state index is 0.173. The van der Waals surface area contributed by atoms with E-state index in [0.717, 1.165) is 4.57 Å². The third-order valence-corrected chi connectivity index (χ3v) is 4.66. The Bertz CT molecular complexity index is 1010. The van der Waals surface area contributed by atoms with Crippen molar-refractivity contribution in [2.75, 3.05) is 11.9 Å². The molecule has 0 radical (unpaired) electrons. The average molecular weight is 515 g/mol. The number of nitrogens with one attached hydrogen (secondary N) is 2. The fourth-order valence-corrected chi connectivity index (χ4v) is 3.18. The zero-order valence-corrected chi connectivity index (χ0v) is 21.0. The predicted octanol–water partition coefficient (Wildman–Crippen LogP) is -0.582. The van der Waals surface area contributed by atoms with E-state index in [1.165, 1.54) is 12.3 Å². The third kappa shape index (κ3) is 8.26. The maximum Gasteiger partial charge on any atom is 0.408 e. The molecule has 1 fully saturated rings. The molecule has 0 saturated carbocycles. The van der Waals surface area contributed by atoms with E-state index in [0.29, 0.717) is 0 Å². The minimum atomic E-state index is -1.49. The molecule has 0 aliphatic carbocycles. The number of hydrogen-bond donors (Lipinski definition) is 5. The Balaban J connectivity index is 2.12. The van der Waals surface area contributed by atoms with Gasteiger partial charge in [-0.25, -0.2) is 14.4 Å². The molecule has 0 unspecified atom stereocenters. The molecule has 1 aromatic heterocycles. The van der Waals surface area contributed by atoms with Crippen LogP contribution in [0.15, 0.2) is 17.1 Å². The normalized spacial score (nSPS) is 23.0. The van der Waals surface area contributed by atoms with E-state index in [4.69, 9.17) is 14.2 Å². The highest BCUT2D eigenvalue weighted by atomic mass is 16.6. The van der Waals surface area contributed by atoms with Crippen LogP contribution in [0.1, 0.15) is 54.2 Å². The molecule has 0 spiro atoms. The average Bonchev–Trinajstić information content (AvgIpc) is 2.99. The van der Waals surface area contributed by atoms with Gasteiger partial charge in [0.25, 0.3) is 0 Å². The van der Waals surface area contributed by atoms with Gasteiger partial charge in [-0.2, -0.15) is 4.98 Å². The summed E-state index contributed by atoms with van der Waals surface area (Å²) in [5.41, 5.74) is -2.65. The number of esters is 1. The lowest BCUT2D eigenvalue weighted by Gasteiger charge is -2.26. The summed E-state index contributed by atoms with van der Waals surface area (Å²) in [6.45, 7) is 9.21. The molecule has 0 aromatic carbocycles. The third-order valence-electron chi connectivity index (χ3n) is 4.66. The largest absolute Gasteiger partial charge is 0.458 e. The number of aliphatic hydroxyl groups excluding tert-OH is 3. The molecule has 1 aliphatic heterocycles. The highest BCUT2D eigenvalue weighted by molar-refractivity contribution is 5.94. The smallest absolute Gasteiger partial charge is 0.408 e. The zero-order chi connectivity index (χ0) is 27.4. The lowest BCUT2D eigenvalue weighted by molar-refractivity contribution is -0.158. The number of nitrogens with zero attached hydrogens (tertiary/aromatic N) is 2. The van der Waals surface area contributed by atoms with Crippen molar-refractivity contribution < 1.29 is 43.9 Å². The lowest BCUT2D eigenvalue weighted by Crippen LogP contribution is -2.47. The molecule has 5 N–H and O–H groups in total. The topological polar surface area (TPSA) is 199 Å². The van der Waals surface area contributed by atoms with Crippen LogP contribution < -0.4 is 16.3 Å². The Hall–Kier alpha value is -3.07. The van der Waals surface area contributed by atoms with Crippen LogP contribution in [0.4, 0.5) is 10.6 Å². The van der Waals surface area contributed by atoms with Crippen LogP contribution in [-0.2, 0) is 23.8 Å². The number of rotatable bonds is 7. The fraction of sp³-hybridized carbons (Fsp3) is 0.682. The van der Waals surface area contributed by atoms with E-state index < -0.39 is 78.5 Å². The van der Waals surface area contributed by atoms with Crippen LogP contribution in [0.25, 0.3) is 0 Å². The Morgan fingerprint density at radius 2 is 1.72 bits per heavy atom. The van der Waals surface area contributed by atoms with E-state index in [1.54, 1.807) is 41.5 Å². The first-order valence-electron chi connectivity index (χ1n) is 11.2. The second-order valence-electron chi connectivity index (χ2n) is 10.2. The van der Waals surface area contributed by atoms with E-state index in [1.807, 2.05) is 0 Å². The van der Waals surface area contributed by atoms with Crippen molar-refractivity contribution in [1.29, 1.82) is 0 Å². The fourth-order valence-electron chi connectivity index (χ4n) is 3.18. The quantitative estimate of drug-likeness (QED) is 0.292.